The van der Waals surface area contributed by atoms with E-state index in [9.17, 15) is 19.5 Å². The van der Waals surface area contributed by atoms with Crippen molar-refractivity contribution in [3.63, 3.8) is 0 Å². The van der Waals surface area contributed by atoms with Crippen molar-refractivity contribution >= 4 is 51.1 Å². The number of anilines is 1. The molecule has 216 valence electrons. The summed E-state index contributed by atoms with van der Waals surface area (Å²) in [6.45, 7) is 13.1. The van der Waals surface area contributed by atoms with Crippen LogP contribution < -0.4 is 15.4 Å². The fourth-order valence-corrected chi connectivity index (χ4v) is 10.6. The number of carbonyl (C=O) groups is 3. The second-order valence-electron chi connectivity index (χ2n) is 12.8. The van der Waals surface area contributed by atoms with Gasteiger partial charge in [0.15, 0.2) is 0 Å². The molecule has 3 heterocycles. The molecule has 3 fully saturated rings. The third-order valence-electron chi connectivity index (χ3n) is 7.76. The summed E-state index contributed by atoms with van der Waals surface area (Å²) in [6, 6.07) is 6.49. The Labute approximate surface area is 244 Å². The number of thioether (sulfide) groups is 1. The Morgan fingerprint density at radius 1 is 1.18 bits per heavy atom. The molecule has 3 aliphatic rings. The van der Waals surface area contributed by atoms with Crippen LogP contribution in [0.2, 0.25) is 0 Å². The van der Waals surface area contributed by atoms with Gasteiger partial charge in [0.2, 0.25) is 17.7 Å². The lowest BCUT2D eigenvalue weighted by molar-refractivity contribution is -0.139. The van der Waals surface area contributed by atoms with Crippen molar-refractivity contribution in [2.75, 3.05) is 25.1 Å². The fourth-order valence-electron chi connectivity index (χ4n) is 7.01. The maximum absolute atomic E-state index is 14.0. The van der Waals surface area contributed by atoms with E-state index in [0.717, 1.165) is 12.2 Å². The summed E-state index contributed by atoms with van der Waals surface area (Å²) in [5.74, 6) is -1.03. The second kappa shape index (κ2) is 11.2. The highest BCUT2D eigenvalue weighted by molar-refractivity contribution is 9.09. The third kappa shape index (κ3) is 5.98. The third-order valence-corrected chi connectivity index (χ3v) is 11.0. The molecule has 1 spiro atoms. The average molecular weight is 625 g/mol. The van der Waals surface area contributed by atoms with Crippen LogP contribution in [0, 0.1) is 17.3 Å². The fraction of sp³-hybridized carbons (Fsp3) is 0.690. The summed E-state index contributed by atoms with van der Waals surface area (Å²) >= 11 is 5.42. The Morgan fingerprint density at radius 2 is 1.85 bits per heavy atom. The van der Waals surface area contributed by atoms with Crippen LogP contribution in [0.5, 0.6) is 5.75 Å². The van der Waals surface area contributed by atoms with Crippen LogP contribution in [-0.4, -0.2) is 73.9 Å². The van der Waals surface area contributed by atoms with Crippen molar-refractivity contribution in [2.24, 2.45) is 17.3 Å². The number of alkyl halides is 1. The maximum Gasteiger partial charge on any atom is 0.244 e. The molecule has 4 rings (SSSR count). The van der Waals surface area contributed by atoms with Gasteiger partial charge in [-0.25, -0.2) is 0 Å². The lowest BCUT2D eigenvalue weighted by Crippen LogP contribution is -2.58. The zero-order valence-electron chi connectivity index (χ0n) is 23.8. The molecule has 1 aromatic carbocycles. The van der Waals surface area contributed by atoms with Crippen molar-refractivity contribution < 1.29 is 24.2 Å². The number of aliphatic hydroxyl groups is 1. The topological polar surface area (TPSA) is 108 Å². The summed E-state index contributed by atoms with van der Waals surface area (Å²) in [5.41, 5.74) is 0.165. The lowest BCUT2D eigenvalue weighted by Gasteiger charge is -2.39. The lowest BCUT2D eigenvalue weighted by atomic mass is 9.70. The van der Waals surface area contributed by atoms with Gasteiger partial charge in [-0.05, 0) is 69.7 Å². The van der Waals surface area contributed by atoms with E-state index in [1.807, 2.05) is 20.8 Å². The molecule has 0 saturated carbocycles. The number of nitrogens with one attached hydrogen (secondary N) is 2. The average Bonchev–Trinajstić information content (AvgIpc) is 3.40. The number of nitrogens with zero attached hydrogens (tertiary/aromatic N) is 1. The quantitative estimate of drug-likeness (QED) is 0.337. The molecule has 39 heavy (non-hydrogen) atoms. The van der Waals surface area contributed by atoms with Crippen LogP contribution in [0.3, 0.4) is 0 Å². The molecule has 1 aromatic rings. The van der Waals surface area contributed by atoms with Gasteiger partial charge in [-0.15, -0.1) is 11.8 Å². The SMILES string of the molecule is CCOc1ccc(NC(=O)[C@H]2[C@H]3C(=O)N(CCCO)C(C(=O)NC(C)(C)CC(C)(C)C)C34CC(Br)[C@@H]2S4)cc1. The van der Waals surface area contributed by atoms with Gasteiger partial charge in [-0.1, -0.05) is 36.7 Å². The number of carbonyl (C=O) groups excluding carboxylic acids is 3. The summed E-state index contributed by atoms with van der Waals surface area (Å²) in [5, 5.41) is 15.7. The van der Waals surface area contributed by atoms with Gasteiger partial charge in [0.25, 0.3) is 0 Å². The molecular weight excluding hydrogens is 582 g/mol. The molecule has 3 saturated heterocycles. The Balaban J connectivity index is 1.63. The largest absolute Gasteiger partial charge is 0.494 e. The second-order valence-corrected chi connectivity index (χ2v) is 15.5. The van der Waals surface area contributed by atoms with Crippen LogP contribution in [0.1, 0.15) is 60.8 Å². The highest BCUT2D eigenvalue weighted by Crippen LogP contribution is 2.67. The van der Waals surface area contributed by atoms with E-state index < -0.39 is 28.2 Å². The van der Waals surface area contributed by atoms with Gasteiger partial charge in [-0.3, -0.25) is 14.4 Å². The van der Waals surface area contributed by atoms with Gasteiger partial charge >= 0.3 is 0 Å². The molecule has 0 aromatic heterocycles. The molecule has 10 heteroatoms. The van der Waals surface area contributed by atoms with Crippen LogP contribution >= 0.6 is 27.7 Å². The summed E-state index contributed by atoms with van der Waals surface area (Å²) < 4.78 is 4.79. The van der Waals surface area contributed by atoms with Crippen molar-refractivity contribution in [3.8, 4) is 5.75 Å². The molecular formula is C29H42BrN3O5S. The molecule has 0 aliphatic carbocycles. The Morgan fingerprint density at radius 3 is 2.44 bits per heavy atom. The number of aliphatic hydroxyl groups excluding tert-OH is 1. The molecule has 3 unspecified atom stereocenters. The van der Waals surface area contributed by atoms with E-state index in [-0.39, 0.29) is 46.4 Å². The molecule has 3 N–H and O–H groups in total. The number of hydrogen-bond acceptors (Lipinski definition) is 6. The predicted octanol–water partition coefficient (Wildman–Crippen LogP) is 4.20. The summed E-state index contributed by atoms with van der Waals surface area (Å²) in [4.78, 5) is 43.4. The normalized spacial score (nSPS) is 29.9. The van der Waals surface area contributed by atoms with Crippen molar-refractivity contribution in [3.05, 3.63) is 24.3 Å². The number of rotatable bonds is 10. The van der Waals surface area contributed by atoms with Crippen molar-refractivity contribution in [1.29, 1.82) is 0 Å². The van der Waals surface area contributed by atoms with E-state index in [2.05, 4.69) is 47.3 Å². The van der Waals surface area contributed by atoms with Crippen LogP contribution in [0.25, 0.3) is 0 Å². The molecule has 6 atom stereocenters. The number of amides is 3. The van der Waals surface area contributed by atoms with Crippen LogP contribution in [0.4, 0.5) is 5.69 Å². The zero-order chi connectivity index (χ0) is 28.8. The highest BCUT2D eigenvalue weighted by Gasteiger charge is 2.75. The Kier molecular flexibility index (Phi) is 8.70. The van der Waals surface area contributed by atoms with E-state index in [1.54, 1.807) is 40.9 Å². The van der Waals surface area contributed by atoms with Gasteiger partial charge in [0.05, 0.1) is 23.2 Å². The number of likely N-dealkylation sites (tertiary alicyclic amines) is 1. The first-order chi connectivity index (χ1) is 18.2. The van der Waals surface area contributed by atoms with Crippen LogP contribution in [0.15, 0.2) is 24.3 Å². The summed E-state index contributed by atoms with van der Waals surface area (Å²) in [7, 11) is 0. The zero-order valence-corrected chi connectivity index (χ0v) is 26.2. The number of benzene rings is 1. The minimum atomic E-state index is -0.714. The van der Waals surface area contributed by atoms with E-state index in [4.69, 9.17) is 4.74 Å². The van der Waals surface area contributed by atoms with Crippen molar-refractivity contribution in [2.45, 2.75) is 87.2 Å². The van der Waals surface area contributed by atoms with Gasteiger partial charge in [0, 0.05) is 34.5 Å². The Bertz CT molecular complexity index is 1090. The minimum Gasteiger partial charge on any atom is -0.494 e. The van der Waals surface area contributed by atoms with Crippen molar-refractivity contribution in [1.82, 2.24) is 10.2 Å². The van der Waals surface area contributed by atoms with E-state index >= 15 is 0 Å². The number of ether oxygens (including phenoxy) is 1. The van der Waals surface area contributed by atoms with Gasteiger partial charge < -0.3 is 25.4 Å². The number of hydrogen-bond donors (Lipinski definition) is 3. The Hall–Kier alpha value is -1.78. The first-order valence-electron chi connectivity index (χ1n) is 13.8. The van der Waals surface area contributed by atoms with E-state index in [0.29, 0.717) is 25.1 Å². The maximum atomic E-state index is 14.0. The van der Waals surface area contributed by atoms with Crippen LogP contribution in [-0.2, 0) is 14.4 Å². The summed E-state index contributed by atoms with van der Waals surface area (Å²) in [6.07, 6.45) is 1.76. The van der Waals surface area contributed by atoms with Gasteiger partial charge in [-0.2, -0.15) is 0 Å². The molecule has 8 nitrogen and oxygen atoms in total. The number of halogens is 1. The molecule has 2 bridgehead atoms. The first kappa shape index (κ1) is 30.2. The molecule has 3 amide bonds. The molecule has 3 aliphatic heterocycles. The standard InChI is InChI=1S/C29H42BrN3O5S/c1-7-38-18-11-9-17(10-12-18)31-24(35)20-21-26(37)33(13-8-14-34)23(29(21)15-19(30)22(20)39-29)25(36)32-28(5,6)16-27(2,3)4/h9-12,19-23,34H,7-8,13-16H2,1-6H3,(H,31,35)(H,32,36)/t19?,20-,21-,22-,23?,29?/m0/s1. The number of fused-ring (bicyclic) bond motifs is 1. The van der Waals surface area contributed by atoms with E-state index in [1.165, 1.54) is 0 Å². The first-order valence-corrected chi connectivity index (χ1v) is 15.6. The van der Waals surface area contributed by atoms with Gasteiger partial charge in [0.1, 0.15) is 11.8 Å². The smallest absolute Gasteiger partial charge is 0.244 e. The molecule has 0 radical (unpaired) electrons. The predicted molar refractivity (Wildman–Crippen MR) is 158 cm³/mol. The minimum absolute atomic E-state index is 0.00157. The highest BCUT2D eigenvalue weighted by atomic mass is 79.9. The monoisotopic (exact) mass is 623 g/mol.